The normalized spacial score (nSPS) is 28.4. The first-order valence-electron chi connectivity index (χ1n) is 6.39. The van der Waals surface area contributed by atoms with Gasteiger partial charge in [-0.1, -0.05) is 13.0 Å². The molecule has 2 N–H and O–H groups in total. The average molecular weight is 283 g/mol. The highest BCUT2D eigenvalue weighted by Gasteiger charge is 2.57. The molecule has 0 saturated heterocycles. The Bertz CT molecular complexity index is 599. The summed E-state index contributed by atoms with van der Waals surface area (Å²) in [5.74, 6) is 1.57. The Balaban J connectivity index is 1.91. The minimum absolute atomic E-state index is 0.00977. The lowest BCUT2D eigenvalue weighted by Crippen LogP contribution is -2.15. The van der Waals surface area contributed by atoms with E-state index in [4.69, 9.17) is 15.2 Å². The molecule has 1 saturated carbocycles. The van der Waals surface area contributed by atoms with Gasteiger partial charge in [-0.25, -0.2) is 8.42 Å². The van der Waals surface area contributed by atoms with Gasteiger partial charge in [-0.15, -0.1) is 0 Å². The average Bonchev–Trinajstić information content (AvgIpc) is 2.99. The molecule has 3 atom stereocenters. The van der Waals surface area contributed by atoms with Crippen molar-refractivity contribution in [2.45, 2.75) is 18.1 Å². The first-order valence-corrected chi connectivity index (χ1v) is 8.11. The molecule has 5 nitrogen and oxygen atoms in total. The minimum atomic E-state index is -3.05. The molecular formula is C13H17NO4S. The van der Waals surface area contributed by atoms with Crippen molar-refractivity contribution in [3.63, 3.8) is 0 Å². The molecule has 1 aromatic carbocycles. The summed E-state index contributed by atoms with van der Waals surface area (Å²) in [6.07, 6.45) is 0. The maximum absolute atomic E-state index is 12.0. The third-order valence-electron chi connectivity index (χ3n) is 3.97. The number of ether oxygens (including phenoxy) is 2. The van der Waals surface area contributed by atoms with E-state index in [1.807, 2.05) is 18.2 Å². The summed E-state index contributed by atoms with van der Waals surface area (Å²) >= 11 is 0. The maximum Gasteiger partial charge on any atom is 0.231 e. The number of rotatable bonds is 4. The molecule has 104 valence electrons. The highest BCUT2D eigenvalue weighted by Crippen LogP contribution is 2.53. The lowest BCUT2D eigenvalue weighted by molar-refractivity contribution is 0.174. The summed E-state index contributed by atoms with van der Waals surface area (Å²) in [7, 11) is -3.05. The molecule has 1 heterocycles. The van der Waals surface area contributed by atoms with Crippen LogP contribution in [0.2, 0.25) is 0 Å². The monoisotopic (exact) mass is 283 g/mol. The van der Waals surface area contributed by atoms with E-state index in [0.717, 1.165) is 5.56 Å². The van der Waals surface area contributed by atoms with Gasteiger partial charge in [0, 0.05) is 11.7 Å². The van der Waals surface area contributed by atoms with Gasteiger partial charge in [0.2, 0.25) is 6.79 Å². The second-order valence-electron chi connectivity index (χ2n) is 4.95. The van der Waals surface area contributed by atoms with Crippen molar-refractivity contribution in [1.82, 2.24) is 0 Å². The molecule has 3 rings (SSSR count). The highest BCUT2D eigenvalue weighted by molar-refractivity contribution is 7.92. The van der Waals surface area contributed by atoms with E-state index in [1.54, 1.807) is 6.92 Å². The van der Waals surface area contributed by atoms with E-state index in [-0.39, 0.29) is 29.6 Å². The van der Waals surface area contributed by atoms with Gasteiger partial charge in [0.15, 0.2) is 21.3 Å². The summed E-state index contributed by atoms with van der Waals surface area (Å²) < 4.78 is 34.7. The van der Waals surface area contributed by atoms with Gasteiger partial charge >= 0.3 is 0 Å². The Morgan fingerprint density at radius 3 is 2.74 bits per heavy atom. The van der Waals surface area contributed by atoms with Crippen molar-refractivity contribution in [3.8, 4) is 11.5 Å². The molecule has 1 fully saturated rings. The van der Waals surface area contributed by atoms with Crippen LogP contribution in [-0.2, 0) is 9.84 Å². The van der Waals surface area contributed by atoms with Crippen LogP contribution in [0.15, 0.2) is 18.2 Å². The zero-order chi connectivity index (χ0) is 13.6. The van der Waals surface area contributed by atoms with Crippen molar-refractivity contribution < 1.29 is 17.9 Å². The van der Waals surface area contributed by atoms with Crippen LogP contribution in [0.3, 0.4) is 0 Å². The van der Waals surface area contributed by atoms with Crippen molar-refractivity contribution in [1.29, 1.82) is 0 Å². The summed E-state index contributed by atoms with van der Waals surface area (Å²) in [6, 6.07) is 5.62. The molecule has 0 aromatic heterocycles. The topological polar surface area (TPSA) is 78.6 Å². The Labute approximate surface area is 112 Å². The fourth-order valence-corrected chi connectivity index (χ4v) is 4.78. The van der Waals surface area contributed by atoms with Crippen molar-refractivity contribution in [2.75, 3.05) is 19.1 Å². The molecule has 19 heavy (non-hydrogen) atoms. The Hall–Kier alpha value is -1.27. The number of hydrogen-bond acceptors (Lipinski definition) is 5. The Kier molecular flexibility index (Phi) is 2.94. The van der Waals surface area contributed by atoms with E-state index in [9.17, 15) is 8.42 Å². The van der Waals surface area contributed by atoms with Crippen LogP contribution in [0.1, 0.15) is 18.4 Å². The smallest absolute Gasteiger partial charge is 0.231 e. The lowest BCUT2D eigenvalue weighted by Gasteiger charge is -2.02. The molecule has 0 radical (unpaired) electrons. The largest absolute Gasteiger partial charge is 0.454 e. The first kappa shape index (κ1) is 12.7. The molecule has 6 heteroatoms. The van der Waals surface area contributed by atoms with Gasteiger partial charge in [0.05, 0.1) is 5.25 Å². The maximum atomic E-state index is 12.0. The van der Waals surface area contributed by atoms with Crippen LogP contribution in [0.5, 0.6) is 11.5 Å². The number of sulfone groups is 1. The summed E-state index contributed by atoms with van der Waals surface area (Å²) in [5.41, 5.74) is 6.67. The molecule has 0 unspecified atom stereocenters. The predicted octanol–water partition coefficient (Wildman–Crippen LogP) is 0.891. The standard InChI is InChI=1S/C13H17NO4S/c1-2-19(15,16)13-9(6-14)12(13)8-3-4-10-11(5-8)18-7-17-10/h3-5,9,12-13H,2,6-7,14H2,1H3/t9-,12+,13-/m1/s1. The second-order valence-corrected chi connectivity index (χ2v) is 7.40. The van der Waals surface area contributed by atoms with Crippen molar-refractivity contribution in [3.05, 3.63) is 23.8 Å². The van der Waals surface area contributed by atoms with E-state index in [0.29, 0.717) is 18.0 Å². The van der Waals surface area contributed by atoms with Gasteiger partial charge in [0.25, 0.3) is 0 Å². The molecule has 0 amide bonds. The van der Waals surface area contributed by atoms with Crippen LogP contribution >= 0.6 is 0 Å². The number of benzene rings is 1. The number of fused-ring (bicyclic) bond motifs is 1. The Morgan fingerprint density at radius 1 is 1.32 bits per heavy atom. The number of nitrogens with two attached hydrogens (primary N) is 1. The van der Waals surface area contributed by atoms with Crippen molar-refractivity contribution >= 4 is 9.84 Å². The summed E-state index contributed by atoms with van der Waals surface area (Å²) in [4.78, 5) is 0. The van der Waals surface area contributed by atoms with Crippen LogP contribution in [0.4, 0.5) is 0 Å². The van der Waals surface area contributed by atoms with Crippen molar-refractivity contribution in [2.24, 2.45) is 11.7 Å². The zero-order valence-electron chi connectivity index (χ0n) is 10.7. The fraction of sp³-hybridized carbons (Fsp3) is 0.538. The highest BCUT2D eigenvalue weighted by atomic mass is 32.2. The molecule has 1 aliphatic carbocycles. The van der Waals surface area contributed by atoms with Gasteiger partial charge < -0.3 is 15.2 Å². The molecule has 0 bridgehead atoms. The van der Waals surface area contributed by atoms with Crippen LogP contribution in [0.25, 0.3) is 0 Å². The van der Waals surface area contributed by atoms with E-state index in [2.05, 4.69) is 0 Å². The van der Waals surface area contributed by atoms with E-state index >= 15 is 0 Å². The summed E-state index contributed by atoms with van der Waals surface area (Å²) in [5, 5.41) is -0.345. The molecule has 1 aromatic rings. The van der Waals surface area contributed by atoms with Gasteiger partial charge in [-0.2, -0.15) is 0 Å². The van der Waals surface area contributed by atoms with Crippen LogP contribution in [0, 0.1) is 5.92 Å². The molecule has 2 aliphatic rings. The van der Waals surface area contributed by atoms with Gasteiger partial charge in [0.1, 0.15) is 0 Å². The predicted molar refractivity (Wildman–Crippen MR) is 71.1 cm³/mol. The Morgan fingerprint density at radius 2 is 2.05 bits per heavy atom. The molecular weight excluding hydrogens is 266 g/mol. The van der Waals surface area contributed by atoms with E-state index < -0.39 is 9.84 Å². The van der Waals surface area contributed by atoms with Gasteiger partial charge in [-0.3, -0.25) is 0 Å². The first-order chi connectivity index (χ1) is 9.08. The van der Waals surface area contributed by atoms with E-state index in [1.165, 1.54) is 0 Å². The molecule has 0 spiro atoms. The second kappa shape index (κ2) is 4.38. The lowest BCUT2D eigenvalue weighted by atomic mass is 10.1. The number of hydrogen-bond donors (Lipinski definition) is 1. The fourth-order valence-electron chi connectivity index (χ4n) is 2.86. The minimum Gasteiger partial charge on any atom is -0.454 e. The zero-order valence-corrected chi connectivity index (χ0v) is 11.5. The van der Waals surface area contributed by atoms with Crippen LogP contribution < -0.4 is 15.2 Å². The van der Waals surface area contributed by atoms with Crippen LogP contribution in [-0.4, -0.2) is 32.8 Å². The third-order valence-corrected chi connectivity index (χ3v) is 6.24. The van der Waals surface area contributed by atoms with Gasteiger partial charge in [-0.05, 0) is 30.2 Å². The quantitative estimate of drug-likeness (QED) is 0.888. The molecule has 1 aliphatic heterocycles. The SMILES string of the molecule is CCS(=O)(=O)[C@@H]1[C@H](CN)[C@@H]1c1ccc2c(c1)OCO2. The third kappa shape index (κ3) is 1.99. The summed E-state index contributed by atoms with van der Waals surface area (Å²) in [6.45, 7) is 2.29.